The molecule has 0 atom stereocenters. The van der Waals surface area contributed by atoms with Gasteiger partial charge in [-0.25, -0.2) is 12.8 Å². The zero-order chi connectivity index (χ0) is 19.0. The second-order valence-electron chi connectivity index (χ2n) is 5.14. The number of benzene rings is 2. The van der Waals surface area contributed by atoms with E-state index in [9.17, 15) is 12.8 Å². The predicted molar refractivity (Wildman–Crippen MR) is 100 cm³/mol. The molecule has 0 saturated heterocycles. The Kier molecular flexibility index (Phi) is 7.22. The molecule has 136 valence electrons. The fraction of sp³-hybridized carbons (Fsp3) is 0.158. The van der Waals surface area contributed by atoms with E-state index in [1.807, 2.05) is 24.3 Å². The number of allylic oxidation sites excluding steroid dienone is 1. The van der Waals surface area contributed by atoms with E-state index in [1.54, 1.807) is 6.08 Å². The lowest BCUT2D eigenvalue weighted by Gasteiger charge is -2.07. The van der Waals surface area contributed by atoms with Gasteiger partial charge in [-0.05, 0) is 36.2 Å². The molecule has 0 fully saturated rings. The summed E-state index contributed by atoms with van der Waals surface area (Å²) >= 11 is 5.60. The molecule has 0 aliphatic heterocycles. The number of rotatable bonds is 7. The lowest BCUT2D eigenvalue weighted by atomic mass is 10.1. The molecule has 4 nitrogen and oxygen atoms in total. The number of nitrogens with one attached hydrogen (secondary N) is 1. The highest BCUT2D eigenvalue weighted by molar-refractivity contribution is 7.89. The van der Waals surface area contributed by atoms with Crippen LogP contribution in [-0.2, 0) is 16.4 Å². The summed E-state index contributed by atoms with van der Waals surface area (Å²) in [6.07, 6.45) is 2.47. The first-order valence-corrected chi connectivity index (χ1v) is 9.52. The van der Waals surface area contributed by atoms with E-state index < -0.39 is 15.8 Å². The normalized spacial score (nSPS) is 10.7. The first-order chi connectivity index (χ1) is 12.4. The van der Waals surface area contributed by atoms with Crippen LogP contribution in [-0.4, -0.2) is 21.6 Å². The molecule has 0 spiro atoms. The molecule has 0 aromatic heterocycles. The van der Waals surface area contributed by atoms with Crippen LogP contribution in [0.2, 0.25) is 5.02 Å². The van der Waals surface area contributed by atoms with E-state index in [2.05, 4.69) is 23.1 Å². The van der Waals surface area contributed by atoms with E-state index in [0.717, 1.165) is 23.8 Å². The van der Waals surface area contributed by atoms with Gasteiger partial charge in [0.25, 0.3) is 0 Å². The average molecular weight is 394 g/mol. The van der Waals surface area contributed by atoms with Gasteiger partial charge in [-0.2, -0.15) is 4.72 Å². The highest BCUT2D eigenvalue weighted by Gasteiger charge is 2.14. The molecule has 2 rings (SSSR count). The second-order valence-corrected chi connectivity index (χ2v) is 7.32. The van der Waals surface area contributed by atoms with E-state index in [4.69, 9.17) is 16.3 Å². The average Bonchev–Trinajstić information content (AvgIpc) is 2.61. The van der Waals surface area contributed by atoms with E-state index in [1.165, 1.54) is 0 Å². The monoisotopic (exact) mass is 393 g/mol. The summed E-state index contributed by atoms with van der Waals surface area (Å²) in [5, 5.41) is -0.259. The topological polar surface area (TPSA) is 55.4 Å². The van der Waals surface area contributed by atoms with Gasteiger partial charge in [-0.15, -0.1) is 6.58 Å². The van der Waals surface area contributed by atoms with Gasteiger partial charge in [0.15, 0.2) is 0 Å². The molecule has 0 radical (unpaired) electrons. The first-order valence-electron chi connectivity index (χ1n) is 7.66. The van der Waals surface area contributed by atoms with Crippen LogP contribution in [0, 0.1) is 17.7 Å². The third-order valence-electron chi connectivity index (χ3n) is 3.31. The fourth-order valence-electron chi connectivity index (χ4n) is 2.05. The number of ether oxygens (including phenoxy) is 1. The molecule has 0 saturated carbocycles. The maximum Gasteiger partial charge on any atom is 0.241 e. The maximum atomic E-state index is 13.1. The Labute approximate surface area is 157 Å². The molecule has 0 heterocycles. The number of sulfonamides is 1. The van der Waals surface area contributed by atoms with Crippen molar-refractivity contribution in [3.63, 3.8) is 0 Å². The predicted octanol–water partition coefficient (Wildman–Crippen LogP) is 3.57. The summed E-state index contributed by atoms with van der Waals surface area (Å²) in [6, 6.07) is 10.7. The van der Waals surface area contributed by atoms with Gasteiger partial charge in [0.05, 0.1) is 16.5 Å². The fourth-order valence-corrected chi connectivity index (χ4v) is 3.25. The molecule has 0 amide bonds. The third kappa shape index (κ3) is 5.60. The van der Waals surface area contributed by atoms with Crippen LogP contribution in [0.5, 0.6) is 5.75 Å². The largest absolute Gasteiger partial charge is 0.481 e. The molecule has 0 unspecified atom stereocenters. The van der Waals surface area contributed by atoms with Crippen LogP contribution in [0.1, 0.15) is 5.56 Å². The Morgan fingerprint density at radius 1 is 1.23 bits per heavy atom. The van der Waals surface area contributed by atoms with E-state index >= 15 is 0 Å². The molecule has 1 N–H and O–H groups in total. The van der Waals surface area contributed by atoms with Crippen LogP contribution >= 0.6 is 11.6 Å². The highest BCUT2D eigenvalue weighted by atomic mass is 35.5. The van der Waals surface area contributed by atoms with Crippen molar-refractivity contribution in [2.24, 2.45) is 0 Å². The standard InChI is InChI=1S/C19H17ClFNO3S/c1-2-7-15-8-3-4-9-19(15)25-13-6-5-12-22-26(23,24)16-10-11-18(21)17(20)14-16/h2-4,8-11,14,22H,1,7,12-13H2. The van der Waals surface area contributed by atoms with Crippen LogP contribution in [0.3, 0.4) is 0 Å². The van der Waals surface area contributed by atoms with Gasteiger partial charge in [-0.1, -0.05) is 47.7 Å². The molecule has 0 aliphatic rings. The van der Waals surface area contributed by atoms with Crippen molar-refractivity contribution in [3.8, 4) is 17.6 Å². The minimum absolute atomic E-state index is 0.102. The zero-order valence-corrected chi connectivity index (χ0v) is 15.4. The van der Waals surface area contributed by atoms with Gasteiger partial charge in [0, 0.05) is 0 Å². The summed E-state index contributed by atoms with van der Waals surface area (Å²) in [7, 11) is -3.81. The van der Waals surface area contributed by atoms with Crippen molar-refractivity contribution < 1.29 is 17.5 Å². The Hall–Kier alpha value is -2.33. The van der Waals surface area contributed by atoms with Gasteiger partial charge >= 0.3 is 0 Å². The van der Waals surface area contributed by atoms with Crippen LogP contribution in [0.4, 0.5) is 4.39 Å². The first kappa shape index (κ1) is 20.0. The smallest absolute Gasteiger partial charge is 0.241 e. The number of halogens is 2. The minimum Gasteiger partial charge on any atom is -0.481 e. The molecule has 26 heavy (non-hydrogen) atoms. The molecule has 2 aromatic carbocycles. The SMILES string of the molecule is C=CCc1ccccc1OCC#CCNS(=O)(=O)c1ccc(F)c(Cl)c1. The Morgan fingerprint density at radius 3 is 2.73 bits per heavy atom. The summed E-state index contributed by atoms with van der Waals surface area (Å²) in [5.41, 5.74) is 0.998. The third-order valence-corrected chi connectivity index (χ3v) is 5.00. The molecule has 7 heteroatoms. The van der Waals surface area contributed by atoms with Gasteiger partial charge in [0.2, 0.25) is 10.0 Å². The molecule has 0 aliphatic carbocycles. The minimum atomic E-state index is -3.81. The number of para-hydroxylation sites is 1. The summed E-state index contributed by atoms with van der Waals surface area (Å²) in [6.45, 7) is 3.72. The summed E-state index contributed by atoms with van der Waals surface area (Å²) < 4.78 is 45.1. The lowest BCUT2D eigenvalue weighted by Crippen LogP contribution is -2.24. The lowest BCUT2D eigenvalue weighted by molar-refractivity contribution is 0.366. The zero-order valence-electron chi connectivity index (χ0n) is 13.8. The Bertz CT molecular complexity index is 949. The van der Waals surface area contributed by atoms with Gasteiger partial charge in [-0.3, -0.25) is 0 Å². The van der Waals surface area contributed by atoms with E-state index in [0.29, 0.717) is 12.2 Å². The van der Waals surface area contributed by atoms with Crippen LogP contribution in [0.25, 0.3) is 0 Å². The van der Waals surface area contributed by atoms with Gasteiger partial charge < -0.3 is 4.74 Å². The number of hydrogen-bond donors (Lipinski definition) is 1. The molecular weight excluding hydrogens is 377 g/mol. The van der Waals surface area contributed by atoms with Crippen LogP contribution < -0.4 is 9.46 Å². The molecule has 0 bridgehead atoms. The maximum absolute atomic E-state index is 13.1. The van der Waals surface area contributed by atoms with E-state index in [-0.39, 0.29) is 23.1 Å². The highest BCUT2D eigenvalue weighted by Crippen LogP contribution is 2.19. The Morgan fingerprint density at radius 2 is 2.00 bits per heavy atom. The van der Waals surface area contributed by atoms with Crippen molar-refractivity contribution >= 4 is 21.6 Å². The van der Waals surface area contributed by atoms with Gasteiger partial charge in [0.1, 0.15) is 18.2 Å². The van der Waals surface area contributed by atoms with Crippen molar-refractivity contribution in [3.05, 3.63) is 71.5 Å². The summed E-state index contributed by atoms with van der Waals surface area (Å²) in [4.78, 5) is -0.125. The van der Waals surface area contributed by atoms with Crippen LogP contribution in [0.15, 0.2) is 60.0 Å². The van der Waals surface area contributed by atoms with Crippen molar-refractivity contribution in [1.82, 2.24) is 4.72 Å². The molecular formula is C19H17ClFNO3S. The molecule has 2 aromatic rings. The van der Waals surface area contributed by atoms with Crippen molar-refractivity contribution in [2.75, 3.05) is 13.2 Å². The second kappa shape index (κ2) is 9.39. The van der Waals surface area contributed by atoms with Crippen molar-refractivity contribution in [2.45, 2.75) is 11.3 Å². The van der Waals surface area contributed by atoms with Crippen molar-refractivity contribution in [1.29, 1.82) is 0 Å². The Balaban J connectivity index is 1.88. The quantitative estimate of drug-likeness (QED) is 0.578. The summed E-state index contributed by atoms with van der Waals surface area (Å²) in [5.74, 6) is 5.43. The number of hydrogen-bond acceptors (Lipinski definition) is 3.